The summed E-state index contributed by atoms with van der Waals surface area (Å²) in [6, 6.07) is 8.81. The Balaban J connectivity index is 2.05. The predicted molar refractivity (Wildman–Crippen MR) is 76.6 cm³/mol. The zero-order valence-electron chi connectivity index (χ0n) is 10.2. The molecule has 19 heavy (non-hydrogen) atoms. The van der Waals surface area contributed by atoms with Crippen molar-refractivity contribution in [3.05, 3.63) is 46.8 Å². The molecule has 7 heteroatoms. The molecule has 0 amide bonds. The van der Waals surface area contributed by atoms with Crippen molar-refractivity contribution in [1.29, 1.82) is 0 Å². The molecule has 5 nitrogen and oxygen atoms in total. The third kappa shape index (κ3) is 4.00. The lowest BCUT2D eigenvalue weighted by atomic mass is 10.3. The van der Waals surface area contributed by atoms with Crippen LogP contribution < -0.4 is 5.32 Å². The summed E-state index contributed by atoms with van der Waals surface area (Å²) in [6.07, 6.45) is 2.63. The second kappa shape index (κ2) is 5.66. The lowest BCUT2D eigenvalue weighted by molar-refractivity contribution is 0.598. The van der Waals surface area contributed by atoms with E-state index in [1.54, 1.807) is 6.07 Å². The Labute approximate surface area is 120 Å². The van der Waals surface area contributed by atoms with Crippen LogP contribution in [0.2, 0.25) is 0 Å². The van der Waals surface area contributed by atoms with E-state index in [9.17, 15) is 8.42 Å². The molecule has 0 unspecified atom stereocenters. The fourth-order valence-corrected chi connectivity index (χ4v) is 2.39. The van der Waals surface area contributed by atoms with Gasteiger partial charge in [0.15, 0.2) is 14.9 Å². The Bertz CT molecular complexity index is 672. The van der Waals surface area contributed by atoms with Crippen molar-refractivity contribution in [2.24, 2.45) is 0 Å². The zero-order valence-corrected chi connectivity index (χ0v) is 12.6. The molecule has 0 aliphatic heterocycles. The van der Waals surface area contributed by atoms with Gasteiger partial charge in [-0.1, -0.05) is 6.07 Å². The van der Waals surface area contributed by atoms with E-state index >= 15 is 0 Å². The largest absolute Gasteiger partial charge is 0.378 e. The molecule has 100 valence electrons. The zero-order chi connectivity index (χ0) is 13.9. The summed E-state index contributed by atoms with van der Waals surface area (Å²) in [5, 5.41) is 3.19. The summed E-state index contributed by atoms with van der Waals surface area (Å²) in [6.45, 7) is 0.541. The van der Waals surface area contributed by atoms with Gasteiger partial charge in [-0.2, -0.15) is 0 Å². The van der Waals surface area contributed by atoms with Crippen molar-refractivity contribution in [2.45, 2.75) is 11.6 Å². The summed E-state index contributed by atoms with van der Waals surface area (Å²) < 4.78 is 23.3. The lowest BCUT2D eigenvalue weighted by Gasteiger charge is -2.06. The number of nitrogens with one attached hydrogen (secondary N) is 1. The number of aromatic nitrogens is 2. The SMILES string of the molecule is CS(=O)(=O)c1ccc(NCc2cccc(Br)n2)cn1. The lowest BCUT2D eigenvalue weighted by Crippen LogP contribution is -2.04. The maximum absolute atomic E-state index is 11.3. The van der Waals surface area contributed by atoms with Gasteiger partial charge in [0.2, 0.25) is 0 Å². The van der Waals surface area contributed by atoms with E-state index in [-0.39, 0.29) is 5.03 Å². The molecule has 2 aromatic heterocycles. The molecule has 0 fully saturated rings. The van der Waals surface area contributed by atoms with Gasteiger partial charge >= 0.3 is 0 Å². The number of hydrogen-bond donors (Lipinski definition) is 1. The molecule has 2 rings (SSSR count). The Morgan fingerprint density at radius 3 is 2.63 bits per heavy atom. The Kier molecular flexibility index (Phi) is 4.16. The fourth-order valence-electron chi connectivity index (χ4n) is 1.45. The number of rotatable bonds is 4. The van der Waals surface area contributed by atoms with Gasteiger partial charge in [0.1, 0.15) is 4.60 Å². The number of pyridine rings is 2. The average molecular weight is 342 g/mol. The Morgan fingerprint density at radius 1 is 1.26 bits per heavy atom. The van der Waals surface area contributed by atoms with Crippen LogP contribution in [-0.2, 0) is 16.4 Å². The summed E-state index contributed by atoms with van der Waals surface area (Å²) in [5.74, 6) is 0. The van der Waals surface area contributed by atoms with E-state index in [2.05, 4.69) is 31.2 Å². The van der Waals surface area contributed by atoms with Gasteiger partial charge in [-0.3, -0.25) is 0 Å². The van der Waals surface area contributed by atoms with Crippen molar-refractivity contribution in [2.75, 3.05) is 11.6 Å². The van der Waals surface area contributed by atoms with Gasteiger partial charge < -0.3 is 5.32 Å². The molecule has 2 heterocycles. The van der Waals surface area contributed by atoms with Crippen LogP contribution in [-0.4, -0.2) is 24.6 Å². The normalized spacial score (nSPS) is 11.3. The van der Waals surface area contributed by atoms with Gasteiger partial charge in [-0.15, -0.1) is 0 Å². The molecular formula is C12H12BrN3O2S. The monoisotopic (exact) mass is 341 g/mol. The van der Waals surface area contributed by atoms with Crippen molar-refractivity contribution < 1.29 is 8.42 Å². The van der Waals surface area contributed by atoms with E-state index in [1.165, 1.54) is 12.3 Å². The minimum Gasteiger partial charge on any atom is -0.378 e. The molecule has 0 aliphatic carbocycles. The van der Waals surface area contributed by atoms with Crippen molar-refractivity contribution in [1.82, 2.24) is 9.97 Å². The second-order valence-electron chi connectivity index (χ2n) is 3.96. The molecule has 0 bridgehead atoms. The van der Waals surface area contributed by atoms with E-state index < -0.39 is 9.84 Å². The standard InChI is InChI=1S/C12H12BrN3O2S/c1-19(17,18)12-6-5-9(7-15-12)14-8-10-3-2-4-11(13)16-10/h2-7,14H,8H2,1H3. The molecule has 1 N–H and O–H groups in total. The van der Waals surface area contributed by atoms with Crippen molar-refractivity contribution in [3.8, 4) is 0 Å². The van der Waals surface area contributed by atoms with Crippen LogP contribution in [0.5, 0.6) is 0 Å². The summed E-state index contributed by atoms with van der Waals surface area (Å²) in [5.41, 5.74) is 1.62. The molecule has 0 saturated heterocycles. The molecule has 0 aromatic carbocycles. The van der Waals surface area contributed by atoms with Gasteiger partial charge in [-0.05, 0) is 40.2 Å². The first-order valence-corrected chi connectivity index (χ1v) is 8.15. The summed E-state index contributed by atoms with van der Waals surface area (Å²) in [4.78, 5) is 8.18. The molecule has 0 aliphatic rings. The number of anilines is 1. The first-order chi connectivity index (χ1) is 8.95. The van der Waals surface area contributed by atoms with Crippen LogP contribution in [0.15, 0.2) is 46.2 Å². The highest BCUT2D eigenvalue weighted by Gasteiger charge is 2.07. The molecule has 0 spiro atoms. The molecule has 2 aromatic rings. The number of halogens is 1. The minimum absolute atomic E-state index is 0.0682. The van der Waals surface area contributed by atoms with Crippen molar-refractivity contribution in [3.63, 3.8) is 0 Å². The molecule has 0 saturated carbocycles. The molecule has 0 atom stereocenters. The van der Waals surface area contributed by atoms with E-state index in [4.69, 9.17) is 0 Å². The van der Waals surface area contributed by atoms with Gasteiger partial charge in [-0.25, -0.2) is 18.4 Å². The highest BCUT2D eigenvalue weighted by atomic mass is 79.9. The van der Waals surface area contributed by atoms with Gasteiger partial charge in [0.05, 0.1) is 24.1 Å². The number of hydrogen-bond acceptors (Lipinski definition) is 5. The van der Waals surface area contributed by atoms with Crippen LogP contribution in [0.3, 0.4) is 0 Å². The highest BCUT2D eigenvalue weighted by molar-refractivity contribution is 9.10. The first kappa shape index (κ1) is 14.0. The van der Waals surface area contributed by atoms with Crippen molar-refractivity contribution >= 4 is 31.5 Å². The van der Waals surface area contributed by atoms with Crippen LogP contribution >= 0.6 is 15.9 Å². The van der Waals surface area contributed by atoms with Gasteiger partial charge in [0.25, 0.3) is 0 Å². The van der Waals surface area contributed by atoms with E-state index in [1.807, 2.05) is 18.2 Å². The molecular weight excluding hydrogens is 330 g/mol. The smallest absolute Gasteiger partial charge is 0.192 e. The fraction of sp³-hybridized carbons (Fsp3) is 0.167. The number of sulfone groups is 1. The van der Waals surface area contributed by atoms with Crippen LogP contribution in [0.1, 0.15) is 5.69 Å². The Morgan fingerprint density at radius 2 is 2.05 bits per heavy atom. The molecule has 0 radical (unpaired) electrons. The van der Waals surface area contributed by atoms with E-state index in [0.717, 1.165) is 22.2 Å². The summed E-state index contributed by atoms with van der Waals surface area (Å²) >= 11 is 3.30. The van der Waals surface area contributed by atoms with Crippen LogP contribution in [0.4, 0.5) is 5.69 Å². The predicted octanol–water partition coefficient (Wildman–Crippen LogP) is 2.25. The minimum atomic E-state index is -3.25. The average Bonchev–Trinajstić information content (AvgIpc) is 2.36. The maximum Gasteiger partial charge on any atom is 0.192 e. The summed E-state index contributed by atoms with van der Waals surface area (Å²) in [7, 11) is -3.25. The first-order valence-electron chi connectivity index (χ1n) is 5.46. The Hall–Kier alpha value is -1.47. The van der Waals surface area contributed by atoms with Crippen LogP contribution in [0, 0.1) is 0 Å². The topological polar surface area (TPSA) is 72.0 Å². The van der Waals surface area contributed by atoms with Gasteiger partial charge in [0, 0.05) is 6.26 Å². The quantitative estimate of drug-likeness (QED) is 0.863. The third-order valence-electron chi connectivity index (χ3n) is 2.36. The van der Waals surface area contributed by atoms with Crippen LogP contribution in [0.25, 0.3) is 0 Å². The maximum atomic E-state index is 11.3. The number of nitrogens with zero attached hydrogens (tertiary/aromatic N) is 2. The van der Waals surface area contributed by atoms with E-state index in [0.29, 0.717) is 6.54 Å². The highest BCUT2D eigenvalue weighted by Crippen LogP contribution is 2.12. The third-order valence-corrected chi connectivity index (χ3v) is 3.81. The second-order valence-corrected chi connectivity index (χ2v) is 6.74.